The van der Waals surface area contributed by atoms with Gasteiger partial charge in [-0.15, -0.1) is 0 Å². The Hall–Kier alpha value is -2.65. The van der Waals surface area contributed by atoms with Crippen molar-refractivity contribution in [1.82, 2.24) is 0 Å². The summed E-state index contributed by atoms with van der Waals surface area (Å²) < 4.78 is 12.5. The highest BCUT2D eigenvalue weighted by molar-refractivity contribution is 14.1. The predicted octanol–water partition coefficient (Wildman–Crippen LogP) is 6.90. The van der Waals surface area contributed by atoms with Crippen molar-refractivity contribution in [3.8, 4) is 11.5 Å². The number of carbonyl (C=O) groups excluding carboxylic acids is 2. The summed E-state index contributed by atoms with van der Waals surface area (Å²) in [5.74, 6) is -0.185. The first-order valence-corrected chi connectivity index (χ1v) is 15.0. The summed E-state index contributed by atoms with van der Waals surface area (Å²) in [6, 6.07) is 13.1. The van der Waals surface area contributed by atoms with E-state index in [2.05, 4.69) is 42.5 Å². The lowest BCUT2D eigenvalue weighted by Crippen LogP contribution is -2.34. The van der Waals surface area contributed by atoms with Crippen LogP contribution in [0.25, 0.3) is 6.08 Å². The third-order valence-corrected chi connectivity index (χ3v) is 9.22. The van der Waals surface area contributed by atoms with Crippen LogP contribution in [0.1, 0.15) is 57.9 Å². The molecule has 2 heterocycles. The molecule has 0 saturated carbocycles. The summed E-state index contributed by atoms with van der Waals surface area (Å²) in [7, 11) is 1.56. The van der Waals surface area contributed by atoms with Crippen LogP contribution in [0.5, 0.6) is 11.5 Å². The van der Waals surface area contributed by atoms with Gasteiger partial charge in [0.25, 0.3) is 0 Å². The van der Waals surface area contributed by atoms with Crippen LogP contribution >= 0.6 is 22.6 Å². The van der Waals surface area contributed by atoms with E-state index in [9.17, 15) is 14.7 Å². The Balaban J connectivity index is 1.38. The number of allylic oxidation sites excluding steroid dienone is 2. The van der Waals surface area contributed by atoms with Gasteiger partial charge < -0.3 is 14.6 Å². The normalized spacial score (nSPS) is 24.8. The predicted molar refractivity (Wildman–Crippen MR) is 161 cm³/mol. The van der Waals surface area contributed by atoms with Gasteiger partial charge in [-0.2, -0.15) is 0 Å². The van der Waals surface area contributed by atoms with E-state index in [1.807, 2.05) is 42.5 Å². The Labute approximate surface area is 244 Å². The highest BCUT2D eigenvalue weighted by Crippen LogP contribution is 2.51. The summed E-state index contributed by atoms with van der Waals surface area (Å²) in [4.78, 5) is 28.6. The molecular weight excluding hydrogens is 605 g/mol. The van der Waals surface area contributed by atoms with E-state index in [4.69, 9.17) is 9.47 Å². The van der Waals surface area contributed by atoms with Crippen molar-refractivity contribution in [3.63, 3.8) is 0 Å². The van der Waals surface area contributed by atoms with Crippen molar-refractivity contribution in [3.05, 3.63) is 68.3 Å². The fourth-order valence-corrected chi connectivity index (χ4v) is 7.20. The largest absolute Gasteiger partial charge is 0.504 e. The molecule has 0 radical (unpaired) electrons. The summed E-state index contributed by atoms with van der Waals surface area (Å²) in [5.41, 5.74) is 5.56. The number of benzene rings is 2. The zero-order valence-corrected chi connectivity index (χ0v) is 24.9. The minimum atomic E-state index is -0.342. The van der Waals surface area contributed by atoms with Gasteiger partial charge in [-0.05, 0) is 90.1 Å². The molecule has 4 atom stereocenters. The topological polar surface area (TPSA) is 76.1 Å². The summed E-state index contributed by atoms with van der Waals surface area (Å²) in [5, 5.41) is 10.2. The van der Waals surface area contributed by atoms with Gasteiger partial charge in [-0.3, -0.25) is 14.5 Å². The number of rotatable bonds is 9. The molecule has 2 aliphatic heterocycles. The minimum Gasteiger partial charge on any atom is -0.504 e. The maximum absolute atomic E-state index is 13.7. The Morgan fingerprint density at radius 3 is 2.62 bits per heavy atom. The number of amides is 2. The lowest BCUT2D eigenvalue weighted by Gasteiger charge is -2.32. The average molecular weight is 642 g/mol. The van der Waals surface area contributed by atoms with Crippen molar-refractivity contribution < 1.29 is 24.2 Å². The zero-order chi connectivity index (χ0) is 27.7. The number of hydrogen-bond donors (Lipinski definition) is 1. The van der Waals surface area contributed by atoms with Gasteiger partial charge in [0.15, 0.2) is 11.5 Å². The van der Waals surface area contributed by atoms with Gasteiger partial charge in [0.1, 0.15) is 0 Å². The molecule has 0 unspecified atom stereocenters. The number of methoxy groups -OCH3 is 1. The number of aromatic hydroxyl groups is 1. The van der Waals surface area contributed by atoms with E-state index in [0.717, 1.165) is 41.2 Å². The minimum absolute atomic E-state index is 0.0301. The van der Waals surface area contributed by atoms with Crippen LogP contribution in [0.15, 0.2) is 59.2 Å². The number of carbonyl (C=O) groups is 2. The molecule has 39 heavy (non-hydrogen) atoms. The highest BCUT2D eigenvalue weighted by atomic mass is 127. The van der Waals surface area contributed by atoms with Crippen LogP contribution in [-0.4, -0.2) is 36.7 Å². The third kappa shape index (κ3) is 5.27. The summed E-state index contributed by atoms with van der Waals surface area (Å²) in [6.45, 7) is 4.82. The SMILES string of the molecule is CCCC1=C2[C@@H](CC/C(=C/c3cc(I)c(O)c(OC)c3)CC)OC[C@@H]2[C@@H]2C(=O)N(c3ccccc3)C(=O)[C@@H]2C1. The first-order valence-electron chi connectivity index (χ1n) is 13.9. The molecule has 206 valence electrons. The van der Waals surface area contributed by atoms with Crippen molar-refractivity contribution in [2.75, 3.05) is 18.6 Å². The Morgan fingerprint density at radius 2 is 1.92 bits per heavy atom. The first-order chi connectivity index (χ1) is 18.9. The number of nitrogens with zero attached hydrogens (tertiary/aromatic N) is 1. The second-order valence-corrected chi connectivity index (χ2v) is 11.8. The average Bonchev–Trinajstić information content (AvgIpc) is 3.47. The number of fused-ring (bicyclic) bond motifs is 3. The molecule has 2 aromatic carbocycles. The van der Waals surface area contributed by atoms with Crippen molar-refractivity contribution in [2.24, 2.45) is 17.8 Å². The molecule has 1 N–H and O–H groups in total. The van der Waals surface area contributed by atoms with Crippen molar-refractivity contribution >= 4 is 46.2 Å². The van der Waals surface area contributed by atoms with Crippen LogP contribution in [0.2, 0.25) is 0 Å². The molecule has 0 aromatic heterocycles. The summed E-state index contributed by atoms with van der Waals surface area (Å²) in [6.07, 6.45) is 7.34. The third-order valence-electron chi connectivity index (χ3n) is 8.40. The fourth-order valence-electron chi connectivity index (χ4n) is 6.58. The van der Waals surface area contributed by atoms with Gasteiger partial charge in [-0.25, -0.2) is 0 Å². The molecule has 5 rings (SSSR count). The zero-order valence-electron chi connectivity index (χ0n) is 22.8. The van der Waals surface area contributed by atoms with Crippen LogP contribution in [0, 0.1) is 21.3 Å². The fraction of sp³-hybridized carbons (Fsp3) is 0.438. The summed E-state index contributed by atoms with van der Waals surface area (Å²) >= 11 is 2.12. The number of phenolic OH excluding ortho intramolecular Hbond substituents is 1. The number of hydrogen-bond acceptors (Lipinski definition) is 5. The Kier molecular flexibility index (Phi) is 8.47. The second-order valence-electron chi connectivity index (χ2n) is 10.7. The number of imide groups is 1. The maximum atomic E-state index is 13.7. The lowest BCUT2D eigenvalue weighted by atomic mass is 9.68. The quantitative estimate of drug-likeness (QED) is 0.183. The van der Waals surface area contributed by atoms with E-state index in [-0.39, 0.29) is 41.4 Å². The number of anilines is 1. The number of phenols is 1. The highest BCUT2D eigenvalue weighted by Gasteiger charge is 2.57. The maximum Gasteiger partial charge on any atom is 0.238 e. The van der Waals surface area contributed by atoms with E-state index in [0.29, 0.717) is 24.5 Å². The van der Waals surface area contributed by atoms with Crippen molar-refractivity contribution in [1.29, 1.82) is 0 Å². The molecule has 6 nitrogen and oxygen atoms in total. The number of ether oxygens (including phenoxy) is 2. The van der Waals surface area contributed by atoms with E-state index in [1.165, 1.54) is 21.6 Å². The van der Waals surface area contributed by atoms with Crippen LogP contribution in [0.3, 0.4) is 0 Å². The molecule has 3 aliphatic rings. The van der Waals surface area contributed by atoms with Crippen LogP contribution in [-0.2, 0) is 14.3 Å². The van der Waals surface area contributed by atoms with E-state index >= 15 is 0 Å². The smallest absolute Gasteiger partial charge is 0.238 e. The van der Waals surface area contributed by atoms with Crippen LogP contribution < -0.4 is 9.64 Å². The van der Waals surface area contributed by atoms with Gasteiger partial charge in [0.2, 0.25) is 11.8 Å². The van der Waals surface area contributed by atoms with Crippen molar-refractivity contribution in [2.45, 2.75) is 58.5 Å². The van der Waals surface area contributed by atoms with E-state index in [1.54, 1.807) is 7.11 Å². The number of halogens is 1. The van der Waals surface area contributed by atoms with Gasteiger partial charge in [0.05, 0.1) is 40.9 Å². The molecular formula is C32H36INO5. The first kappa shape index (κ1) is 27.9. The molecule has 2 fully saturated rings. The van der Waals surface area contributed by atoms with Gasteiger partial charge in [0, 0.05) is 5.92 Å². The molecule has 0 bridgehead atoms. The molecule has 1 aliphatic carbocycles. The monoisotopic (exact) mass is 641 g/mol. The Morgan fingerprint density at radius 1 is 1.15 bits per heavy atom. The van der Waals surface area contributed by atoms with E-state index < -0.39 is 0 Å². The van der Waals surface area contributed by atoms with Gasteiger partial charge >= 0.3 is 0 Å². The molecule has 2 saturated heterocycles. The Bertz CT molecular complexity index is 1320. The second kappa shape index (κ2) is 11.8. The molecule has 7 heteroatoms. The number of para-hydroxylation sites is 1. The molecule has 0 spiro atoms. The lowest BCUT2D eigenvalue weighted by molar-refractivity contribution is -0.122. The van der Waals surface area contributed by atoms with Crippen LogP contribution in [0.4, 0.5) is 5.69 Å². The molecule has 2 amide bonds. The molecule has 2 aromatic rings. The van der Waals surface area contributed by atoms with Gasteiger partial charge in [-0.1, -0.05) is 55.7 Å². The standard InChI is InChI=1S/C32H36INO5/c1-4-9-21-17-23-29(32(37)34(31(23)36)22-10-7-6-8-11-22)24-18-39-26(28(21)24)13-12-19(5-2)14-20-15-25(33)30(35)27(16-20)38-3/h6-8,10-11,14-16,23-24,26,29,35H,4-5,9,12-13,17-18H2,1-3H3/b19-14+/t23-,24+,26-,29-/m1/s1.